The first-order valence-corrected chi connectivity index (χ1v) is 13.9. The fourth-order valence-electron chi connectivity index (χ4n) is 5.55. The van der Waals surface area contributed by atoms with E-state index in [1.807, 2.05) is 65.9 Å². The van der Waals surface area contributed by atoms with Crippen molar-refractivity contribution in [2.75, 3.05) is 19.8 Å². The molecule has 0 bridgehead atoms. The standard InChI is InChI=1S/C31H31N3O5S/c1-5-16-38-30(36)20(4)25-27-19(3)23(28(34(27)29(25)35)31(37)39-17-6-2)18-33-32-26(21-12-8-7-9-13-21)22-14-10-11-15-24(22)40-33/h5-15,19-20,25,27H,1-2,16-18H2,3-4H3. The molecule has 2 aromatic carbocycles. The van der Waals surface area contributed by atoms with E-state index in [0.29, 0.717) is 0 Å². The van der Waals surface area contributed by atoms with Gasteiger partial charge in [-0.25, -0.2) is 9.21 Å². The Kier molecular flexibility index (Phi) is 7.93. The normalized spacial score (nSPS) is 22.0. The zero-order valence-corrected chi connectivity index (χ0v) is 23.3. The van der Waals surface area contributed by atoms with E-state index >= 15 is 0 Å². The molecule has 1 saturated heterocycles. The van der Waals surface area contributed by atoms with Gasteiger partial charge < -0.3 is 14.4 Å². The van der Waals surface area contributed by atoms with Crippen molar-refractivity contribution in [3.8, 4) is 0 Å². The van der Waals surface area contributed by atoms with Crippen LogP contribution in [0.25, 0.3) is 0 Å². The summed E-state index contributed by atoms with van der Waals surface area (Å²) >= 11 is 1.48. The van der Waals surface area contributed by atoms with E-state index in [-0.39, 0.29) is 43.3 Å². The molecule has 1 fully saturated rings. The maximum Gasteiger partial charge on any atom is 0.355 e. The highest BCUT2D eigenvalue weighted by Gasteiger charge is 2.61. The number of esters is 2. The molecule has 4 atom stereocenters. The van der Waals surface area contributed by atoms with Gasteiger partial charge in [0, 0.05) is 33.9 Å². The number of rotatable bonds is 10. The lowest BCUT2D eigenvalue weighted by molar-refractivity contribution is -0.168. The molecule has 1 amide bonds. The Hall–Kier alpha value is -4.11. The van der Waals surface area contributed by atoms with Crippen molar-refractivity contribution < 1.29 is 23.9 Å². The largest absolute Gasteiger partial charge is 0.461 e. The number of ether oxygens (including phenoxy) is 2. The molecule has 3 aliphatic heterocycles. The molecule has 40 heavy (non-hydrogen) atoms. The Morgan fingerprint density at radius 2 is 1.73 bits per heavy atom. The Morgan fingerprint density at radius 3 is 2.45 bits per heavy atom. The van der Waals surface area contributed by atoms with Gasteiger partial charge in [0.05, 0.1) is 30.1 Å². The topological polar surface area (TPSA) is 88.5 Å². The van der Waals surface area contributed by atoms with E-state index < -0.39 is 23.8 Å². The van der Waals surface area contributed by atoms with E-state index in [2.05, 4.69) is 13.2 Å². The van der Waals surface area contributed by atoms with Crippen LogP contribution in [0.4, 0.5) is 0 Å². The number of carbonyl (C=O) groups is 3. The lowest BCUT2D eigenvalue weighted by Gasteiger charge is -2.47. The quantitative estimate of drug-likeness (QED) is 0.183. The van der Waals surface area contributed by atoms with Crippen molar-refractivity contribution in [2.45, 2.75) is 24.8 Å². The third-order valence-corrected chi connectivity index (χ3v) is 8.46. The molecule has 0 aliphatic carbocycles. The van der Waals surface area contributed by atoms with Gasteiger partial charge in [-0.3, -0.25) is 9.59 Å². The van der Waals surface area contributed by atoms with Gasteiger partial charge in [0.2, 0.25) is 5.91 Å². The van der Waals surface area contributed by atoms with Crippen LogP contribution in [0.15, 0.2) is 101 Å². The number of amides is 1. The number of benzene rings is 2. The number of hydrogen-bond donors (Lipinski definition) is 0. The summed E-state index contributed by atoms with van der Waals surface area (Å²) in [5.74, 6) is -2.82. The highest BCUT2D eigenvalue weighted by Crippen LogP contribution is 2.50. The van der Waals surface area contributed by atoms with Crippen molar-refractivity contribution in [1.29, 1.82) is 0 Å². The van der Waals surface area contributed by atoms with Gasteiger partial charge in [-0.2, -0.15) is 5.10 Å². The fraction of sp³-hybridized carbons (Fsp3) is 0.290. The van der Waals surface area contributed by atoms with Gasteiger partial charge in [0.25, 0.3) is 0 Å². The molecule has 0 N–H and O–H groups in total. The first kappa shape index (κ1) is 27.5. The van der Waals surface area contributed by atoms with Crippen LogP contribution in [0.3, 0.4) is 0 Å². The van der Waals surface area contributed by atoms with Crippen LogP contribution >= 0.6 is 11.9 Å². The number of carbonyl (C=O) groups excluding carboxylic acids is 3. The van der Waals surface area contributed by atoms with Crippen LogP contribution in [-0.4, -0.2) is 58.7 Å². The summed E-state index contributed by atoms with van der Waals surface area (Å²) in [5.41, 5.74) is 3.80. The van der Waals surface area contributed by atoms with E-state index in [9.17, 15) is 14.4 Å². The molecule has 2 aromatic rings. The average molecular weight is 558 g/mol. The van der Waals surface area contributed by atoms with Gasteiger partial charge in [-0.1, -0.05) is 87.7 Å². The molecule has 4 unspecified atom stereocenters. The Balaban J connectivity index is 1.49. The molecule has 3 heterocycles. The van der Waals surface area contributed by atoms with Crippen LogP contribution in [0.5, 0.6) is 0 Å². The molecule has 5 rings (SSSR count). The highest BCUT2D eigenvalue weighted by molar-refractivity contribution is 7.97. The third-order valence-electron chi connectivity index (χ3n) is 7.49. The minimum atomic E-state index is -0.667. The summed E-state index contributed by atoms with van der Waals surface area (Å²) < 4.78 is 12.5. The monoisotopic (exact) mass is 557 g/mol. The lowest BCUT2D eigenvalue weighted by Crippen LogP contribution is -2.63. The van der Waals surface area contributed by atoms with E-state index in [4.69, 9.17) is 14.6 Å². The first-order valence-electron chi connectivity index (χ1n) is 13.2. The molecule has 3 aliphatic rings. The van der Waals surface area contributed by atoms with Crippen LogP contribution in [-0.2, 0) is 23.9 Å². The zero-order chi connectivity index (χ0) is 28.4. The van der Waals surface area contributed by atoms with E-state index in [0.717, 1.165) is 27.3 Å². The maximum absolute atomic E-state index is 13.4. The zero-order valence-electron chi connectivity index (χ0n) is 22.5. The Bertz CT molecular complexity index is 1420. The molecule has 9 heteroatoms. The number of fused-ring (bicyclic) bond motifs is 2. The second kappa shape index (κ2) is 11.6. The maximum atomic E-state index is 13.4. The van der Waals surface area contributed by atoms with Crippen molar-refractivity contribution >= 4 is 35.5 Å². The lowest BCUT2D eigenvalue weighted by atomic mass is 9.74. The molecule has 206 valence electrons. The van der Waals surface area contributed by atoms with Crippen molar-refractivity contribution in [2.24, 2.45) is 22.9 Å². The van der Waals surface area contributed by atoms with Crippen LogP contribution in [0, 0.1) is 17.8 Å². The SMILES string of the molecule is C=CCOC(=O)C1=C(CN2N=C(c3ccccc3)c3ccccc3S2)C(C)C2C(C(C)C(=O)OCC=C)C(=O)N12. The summed E-state index contributed by atoms with van der Waals surface area (Å²) in [6.45, 7) is 11.3. The fourth-order valence-corrected chi connectivity index (χ4v) is 6.50. The average Bonchev–Trinajstić information content (AvgIpc) is 3.22. The van der Waals surface area contributed by atoms with E-state index in [1.54, 1.807) is 6.92 Å². The van der Waals surface area contributed by atoms with Gasteiger partial charge >= 0.3 is 11.9 Å². The summed E-state index contributed by atoms with van der Waals surface area (Å²) in [5, 5.41) is 4.98. The van der Waals surface area contributed by atoms with Crippen molar-refractivity contribution in [3.63, 3.8) is 0 Å². The minimum Gasteiger partial charge on any atom is -0.461 e. The van der Waals surface area contributed by atoms with Gasteiger partial charge in [-0.15, -0.1) is 0 Å². The van der Waals surface area contributed by atoms with Crippen LogP contribution in [0.2, 0.25) is 0 Å². The summed E-state index contributed by atoms with van der Waals surface area (Å²) in [7, 11) is 0. The number of nitrogens with zero attached hydrogens (tertiary/aromatic N) is 3. The van der Waals surface area contributed by atoms with Crippen molar-refractivity contribution in [3.05, 3.63) is 102 Å². The van der Waals surface area contributed by atoms with Gasteiger partial charge in [0.15, 0.2) is 0 Å². The molecule has 0 radical (unpaired) electrons. The number of β-lactam (4-membered cyclic amide) rings is 1. The first-order chi connectivity index (χ1) is 19.4. The second-order valence-electron chi connectivity index (χ2n) is 9.89. The smallest absolute Gasteiger partial charge is 0.355 e. The number of hydrogen-bond acceptors (Lipinski definition) is 8. The molecule has 0 saturated carbocycles. The molecular formula is C31H31N3O5S. The highest BCUT2D eigenvalue weighted by atomic mass is 32.2. The van der Waals surface area contributed by atoms with Gasteiger partial charge in [0.1, 0.15) is 18.9 Å². The molecule has 0 aromatic heterocycles. The second-order valence-corrected chi connectivity index (χ2v) is 10.9. The molecule has 8 nitrogen and oxygen atoms in total. The summed E-state index contributed by atoms with van der Waals surface area (Å²) in [6, 6.07) is 17.6. The number of hydrazone groups is 1. The molecular weight excluding hydrogens is 526 g/mol. The van der Waals surface area contributed by atoms with E-state index in [1.165, 1.54) is 29.0 Å². The Labute approximate surface area is 238 Å². The predicted molar refractivity (Wildman–Crippen MR) is 153 cm³/mol. The third kappa shape index (κ3) is 4.86. The summed E-state index contributed by atoms with van der Waals surface area (Å²) in [6.07, 6.45) is 2.98. The van der Waals surface area contributed by atoms with Crippen molar-refractivity contribution in [1.82, 2.24) is 9.31 Å². The van der Waals surface area contributed by atoms with Crippen LogP contribution in [0.1, 0.15) is 25.0 Å². The van der Waals surface area contributed by atoms with Crippen LogP contribution < -0.4 is 0 Å². The minimum absolute atomic E-state index is 0.0204. The predicted octanol–water partition coefficient (Wildman–Crippen LogP) is 4.59. The Morgan fingerprint density at radius 1 is 1.05 bits per heavy atom. The summed E-state index contributed by atoms with van der Waals surface area (Å²) in [4.78, 5) is 41.9. The molecule has 0 spiro atoms. The van der Waals surface area contributed by atoms with Gasteiger partial charge in [-0.05, 0) is 11.6 Å².